The van der Waals surface area contributed by atoms with Gasteiger partial charge in [-0.1, -0.05) is 48.5 Å². The van der Waals surface area contributed by atoms with Crippen LogP contribution in [-0.4, -0.2) is 10.2 Å². The summed E-state index contributed by atoms with van der Waals surface area (Å²) in [5.74, 6) is 0. The molecule has 0 fully saturated rings. The van der Waals surface area contributed by atoms with Gasteiger partial charge in [-0.05, 0) is 45.2 Å². The summed E-state index contributed by atoms with van der Waals surface area (Å²) in [5, 5.41) is 22.9. The van der Waals surface area contributed by atoms with E-state index in [1.165, 1.54) is 0 Å². The Kier molecular flexibility index (Phi) is 2.43. The summed E-state index contributed by atoms with van der Waals surface area (Å²) in [5.41, 5.74) is 3.61. The summed E-state index contributed by atoms with van der Waals surface area (Å²) in [4.78, 5) is 0. The molecule has 0 amide bonds. The van der Waals surface area contributed by atoms with Crippen LogP contribution in [0.5, 0.6) is 0 Å². The van der Waals surface area contributed by atoms with Gasteiger partial charge < -0.3 is 10.2 Å². The van der Waals surface area contributed by atoms with Crippen LogP contribution in [-0.2, 0) is 0 Å². The van der Waals surface area contributed by atoms with E-state index >= 15 is 0 Å². The van der Waals surface area contributed by atoms with E-state index in [0.29, 0.717) is 0 Å². The van der Waals surface area contributed by atoms with E-state index in [2.05, 4.69) is 12.1 Å². The van der Waals surface area contributed by atoms with Gasteiger partial charge in [0.2, 0.25) is 0 Å². The maximum Gasteiger partial charge on any atom is 0.110 e. The van der Waals surface area contributed by atoms with E-state index in [4.69, 9.17) is 0 Å². The quantitative estimate of drug-likeness (QED) is 0.650. The van der Waals surface area contributed by atoms with E-state index in [1.54, 1.807) is 0 Å². The Labute approximate surface area is 116 Å². The van der Waals surface area contributed by atoms with Crippen molar-refractivity contribution in [3.63, 3.8) is 0 Å². The second-order valence-electron chi connectivity index (χ2n) is 5.26. The fraction of sp³-hybridized carbons (Fsp3) is 0.111. The highest BCUT2D eigenvalue weighted by molar-refractivity contribution is 5.90. The Balaban J connectivity index is 2.09. The normalized spacial score (nSPS) is 20.5. The molecule has 0 heterocycles. The van der Waals surface area contributed by atoms with E-state index in [0.717, 1.165) is 33.0 Å². The lowest BCUT2D eigenvalue weighted by molar-refractivity contribution is 0.0159. The van der Waals surface area contributed by atoms with Crippen molar-refractivity contribution in [1.82, 2.24) is 0 Å². The van der Waals surface area contributed by atoms with Crippen LogP contribution < -0.4 is 0 Å². The first kappa shape index (κ1) is 11.6. The van der Waals surface area contributed by atoms with Crippen molar-refractivity contribution in [2.45, 2.75) is 12.2 Å². The first-order chi connectivity index (χ1) is 9.75. The molecular weight excluding hydrogens is 248 g/mol. The Hall–Kier alpha value is -2.16. The second kappa shape index (κ2) is 4.17. The van der Waals surface area contributed by atoms with Gasteiger partial charge in [0.25, 0.3) is 0 Å². The van der Waals surface area contributed by atoms with E-state index in [-0.39, 0.29) is 0 Å². The SMILES string of the molecule is O[C@H]1c2ccccc2-c2cc3ccccc3cc2[C@@H]1O. The minimum absolute atomic E-state index is 0.794. The third-order valence-electron chi connectivity index (χ3n) is 4.11. The Morgan fingerprint density at radius 3 is 2.00 bits per heavy atom. The summed E-state index contributed by atoms with van der Waals surface area (Å²) in [6.45, 7) is 0. The molecule has 3 aromatic carbocycles. The molecule has 20 heavy (non-hydrogen) atoms. The van der Waals surface area contributed by atoms with Crippen molar-refractivity contribution < 1.29 is 10.2 Å². The van der Waals surface area contributed by atoms with Crippen LogP contribution in [0.3, 0.4) is 0 Å². The molecule has 2 N–H and O–H groups in total. The molecule has 0 aromatic heterocycles. The molecule has 3 aromatic rings. The van der Waals surface area contributed by atoms with Crippen molar-refractivity contribution in [2.75, 3.05) is 0 Å². The van der Waals surface area contributed by atoms with Crippen molar-refractivity contribution in [3.05, 3.63) is 71.8 Å². The predicted octanol–water partition coefficient (Wildman–Crippen LogP) is 3.59. The molecule has 4 rings (SSSR count). The number of hydrogen-bond donors (Lipinski definition) is 2. The molecule has 0 saturated carbocycles. The van der Waals surface area contributed by atoms with Gasteiger partial charge in [-0.2, -0.15) is 0 Å². The lowest BCUT2D eigenvalue weighted by Crippen LogP contribution is -2.17. The van der Waals surface area contributed by atoms with Crippen LogP contribution >= 0.6 is 0 Å². The zero-order chi connectivity index (χ0) is 13.7. The van der Waals surface area contributed by atoms with Crippen LogP contribution in [0.2, 0.25) is 0 Å². The van der Waals surface area contributed by atoms with Gasteiger partial charge in [0.15, 0.2) is 0 Å². The van der Waals surface area contributed by atoms with Crippen LogP contribution in [0.4, 0.5) is 0 Å². The highest BCUT2D eigenvalue weighted by atomic mass is 16.3. The Morgan fingerprint density at radius 1 is 0.600 bits per heavy atom. The van der Waals surface area contributed by atoms with Gasteiger partial charge in [0, 0.05) is 0 Å². The number of rotatable bonds is 0. The number of benzene rings is 3. The molecular formula is C18H14O2. The first-order valence-electron chi connectivity index (χ1n) is 6.74. The Bertz CT molecular complexity index is 807. The van der Waals surface area contributed by atoms with Gasteiger partial charge in [0.05, 0.1) is 0 Å². The van der Waals surface area contributed by atoms with Crippen LogP contribution in [0.25, 0.3) is 21.9 Å². The van der Waals surface area contributed by atoms with Crippen LogP contribution in [0.1, 0.15) is 23.3 Å². The zero-order valence-corrected chi connectivity index (χ0v) is 10.8. The van der Waals surface area contributed by atoms with Crippen molar-refractivity contribution in [1.29, 1.82) is 0 Å². The van der Waals surface area contributed by atoms with Gasteiger partial charge in [-0.3, -0.25) is 0 Å². The number of aliphatic hydroxyl groups excluding tert-OH is 2. The van der Waals surface area contributed by atoms with Crippen LogP contribution in [0, 0.1) is 0 Å². The molecule has 1 aliphatic carbocycles. The molecule has 2 heteroatoms. The van der Waals surface area contributed by atoms with E-state index in [1.807, 2.05) is 48.5 Å². The third-order valence-corrected chi connectivity index (χ3v) is 4.11. The average Bonchev–Trinajstić information content (AvgIpc) is 2.51. The highest BCUT2D eigenvalue weighted by Gasteiger charge is 2.30. The molecule has 0 unspecified atom stereocenters. The zero-order valence-electron chi connectivity index (χ0n) is 10.8. The fourth-order valence-corrected chi connectivity index (χ4v) is 3.08. The standard InChI is InChI=1S/C18H14O2/c19-17-14-8-4-3-7-13(14)15-9-11-5-1-2-6-12(11)10-16(15)18(17)20/h1-10,17-20H/t17-,18-/m0/s1. The molecule has 2 atom stereocenters. The van der Waals surface area contributed by atoms with E-state index < -0.39 is 12.2 Å². The smallest absolute Gasteiger partial charge is 0.110 e. The summed E-state index contributed by atoms with van der Waals surface area (Å²) in [7, 11) is 0. The monoisotopic (exact) mass is 262 g/mol. The Morgan fingerprint density at radius 2 is 1.20 bits per heavy atom. The van der Waals surface area contributed by atoms with Gasteiger partial charge in [-0.15, -0.1) is 0 Å². The maximum atomic E-state index is 10.4. The van der Waals surface area contributed by atoms with Gasteiger partial charge in [0.1, 0.15) is 12.2 Å². The molecule has 0 bridgehead atoms. The summed E-state index contributed by atoms with van der Waals surface area (Å²) in [6, 6.07) is 19.9. The predicted molar refractivity (Wildman–Crippen MR) is 79.3 cm³/mol. The highest BCUT2D eigenvalue weighted by Crippen LogP contribution is 2.45. The minimum Gasteiger partial charge on any atom is -0.385 e. The number of hydrogen-bond acceptors (Lipinski definition) is 2. The van der Waals surface area contributed by atoms with Crippen molar-refractivity contribution in [2.24, 2.45) is 0 Å². The second-order valence-corrected chi connectivity index (χ2v) is 5.26. The van der Waals surface area contributed by atoms with E-state index in [9.17, 15) is 10.2 Å². The lowest BCUT2D eigenvalue weighted by Gasteiger charge is -2.29. The minimum atomic E-state index is -0.871. The topological polar surface area (TPSA) is 40.5 Å². The molecule has 98 valence electrons. The molecule has 0 radical (unpaired) electrons. The molecule has 1 aliphatic rings. The molecule has 0 spiro atoms. The summed E-state index contributed by atoms with van der Waals surface area (Å²) >= 11 is 0. The molecule has 0 saturated heterocycles. The lowest BCUT2D eigenvalue weighted by atomic mass is 9.81. The first-order valence-corrected chi connectivity index (χ1v) is 6.74. The third kappa shape index (κ3) is 1.52. The average molecular weight is 262 g/mol. The van der Waals surface area contributed by atoms with Gasteiger partial charge >= 0.3 is 0 Å². The number of fused-ring (bicyclic) bond motifs is 4. The van der Waals surface area contributed by atoms with Crippen LogP contribution in [0.15, 0.2) is 60.7 Å². The van der Waals surface area contributed by atoms with Crippen molar-refractivity contribution >= 4 is 10.8 Å². The maximum absolute atomic E-state index is 10.4. The van der Waals surface area contributed by atoms with Crippen molar-refractivity contribution in [3.8, 4) is 11.1 Å². The fourth-order valence-electron chi connectivity index (χ4n) is 3.08. The molecule has 0 aliphatic heterocycles. The number of aliphatic hydroxyl groups is 2. The largest absolute Gasteiger partial charge is 0.385 e. The summed E-state index contributed by atoms with van der Waals surface area (Å²) in [6.07, 6.45) is -1.73. The molecule has 2 nitrogen and oxygen atoms in total. The van der Waals surface area contributed by atoms with Gasteiger partial charge in [-0.25, -0.2) is 0 Å². The summed E-state index contributed by atoms with van der Waals surface area (Å²) < 4.78 is 0.